The molecule has 0 spiro atoms. The van der Waals surface area contributed by atoms with Gasteiger partial charge in [0.15, 0.2) is 0 Å². The molecule has 0 saturated carbocycles. The van der Waals surface area contributed by atoms with E-state index in [2.05, 4.69) is 211 Å². The number of hydrogen-bond acceptors (Lipinski definition) is 3. The van der Waals surface area contributed by atoms with E-state index in [1.54, 1.807) is 0 Å². The molecule has 0 aliphatic heterocycles. The van der Waals surface area contributed by atoms with Crippen molar-refractivity contribution in [2.45, 2.75) is 0 Å². The third-order valence-electron chi connectivity index (χ3n) is 12.5. The van der Waals surface area contributed by atoms with E-state index in [0.717, 1.165) is 88.8 Å². The average Bonchev–Trinajstić information content (AvgIpc) is 3.88. The summed E-state index contributed by atoms with van der Waals surface area (Å²) in [6.45, 7) is 0. The zero-order chi connectivity index (χ0) is 40.0. The van der Waals surface area contributed by atoms with Crippen LogP contribution in [0.5, 0.6) is 0 Å². The molecule has 1 aliphatic carbocycles. The van der Waals surface area contributed by atoms with E-state index in [1.807, 2.05) is 0 Å². The lowest BCUT2D eigenvalue weighted by atomic mass is 9.84. The highest BCUT2D eigenvalue weighted by Gasteiger charge is 2.32. The van der Waals surface area contributed by atoms with Gasteiger partial charge in [0.05, 0.1) is 33.5 Å². The number of para-hydroxylation sites is 5. The maximum absolute atomic E-state index is 5.36. The number of pyridine rings is 2. The van der Waals surface area contributed by atoms with Gasteiger partial charge in [0, 0.05) is 44.3 Å². The van der Waals surface area contributed by atoms with Gasteiger partial charge in [0.25, 0.3) is 0 Å². The molecule has 1 aliphatic rings. The minimum absolute atomic E-state index is 0.923. The van der Waals surface area contributed by atoms with Crippen molar-refractivity contribution in [3.05, 3.63) is 206 Å². The third-order valence-corrected chi connectivity index (χ3v) is 12.5. The summed E-state index contributed by atoms with van der Waals surface area (Å²) in [6.07, 6.45) is 0. The fourth-order valence-corrected chi connectivity index (χ4v) is 9.85. The van der Waals surface area contributed by atoms with E-state index in [1.165, 1.54) is 38.6 Å². The lowest BCUT2D eigenvalue weighted by molar-refractivity contribution is 1.10. The summed E-state index contributed by atoms with van der Waals surface area (Å²) < 4.78 is 2.26. The van der Waals surface area contributed by atoms with Crippen LogP contribution in [0.3, 0.4) is 0 Å². The van der Waals surface area contributed by atoms with Gasteiger partial charge in [-0.2, -0.15) is 0 Å². The highest BCUT2D eigenvalue weighted by Crippen LogP contribution is 2.58. The highest BCUT2D eigenvalue weighted by molar-refractivity contribution is 6.28. The number of imidazole rings is 1. The summed E-state index contributed by atoms with van der Waals surface area (Å²) in [5, 5.41) is 7.05. The van der Waals surface area contributed by atoms with E-state index >= 15 is 0 Å². The molecule has 61 heavy (non-hydrogen) atoms. The van der Waals surface area contributed by atoms with Crippen LogP contribution in [0.4, 0.5) is 0 Å². The molecule has 282 valence electrons. The predicted octanol–water partition coefficient (Wildman–Crippen LogP) is 14.7. The molecule has 0 saturated heterocycles. The van der Waals surface area contributed by atoms with Crippen LogP contribution in [0.2, 0.25) is 0 Å². The zero-order valence-electron chi connectivity index (χ0n) is 32.9. The molecule has 13 rings (SSSR count). The van der Waals surface area contributed by atoms with Crippen LogP contribution >= 0.6 is 0 Å². The van der Waals surface area contributed by atoms with E-state index < -0.39 is 0 Å². The SMILES string of the molecule is c1ccc(-n2c(-c3ccc(-c4ccc5c6c(cccc46)-c4c-5c(-c5ccc6ccccc6n5)c5ccccc5c4-c4ccc5ccccc5n4)cc3)nc3ccccc32)cc1. The van der Waals surface area contributed by atoms with Gasteiger partial charge in [0.2, 0.25) is 0 Å². The maximum atomic E-state index is 5.36. The topological polar surface area (TPSA) is 43.6 Å². The molecule has 0 amide bonds. The summed E-state index contributed by atoms with van der Waals surface area (Å²) in [4.78, 5) is 15.9. The molecule has 4 heteroatoms. The molecule has 3 aromatic heterocycles. The standard InChI is InChI=1S/C57H34N4/c1-2-15-39(16-3-1)61-51-24-11-10-23-48(51)60-57(61)38-27-25-35(26-28-38)40-31-32-45-52-41(40)19-12-20-44(52)55-53(49-33-29-36-13-4-8-21-46(36)58-49)42-17-6-7-18-43(42)54(56(45)55)50-34-30-37-14-5-9-22-47(37)59-50/h1-34H. The van der Waals surface area contributed by atoms with Crippen molar-refractivity contribution in [2.24, 2.45) is 0 Å². The van der Waals surface area contributed by atoms with Gasteiger partial charge in [-0.05, 0) is 92.3 Å². The zero-order valence-corrected chi connectivity index (χ0v) is 32.9. The number of aromatic nitrogens is 4. The van der Waals surface area contributed by atoms with Crippen molar-refractivity contribution in [1.29, 1.82) is 0 Å². The molecule has 0 fully saturated rings. The molecule has 9 aromatic carbocycles. The van der Waals surface area contributed by atoms with Crippen LogP contribution < -0.4 is 0 Å². The van der Waals surface area contributed by atoms with Gasteiger partial charge >= 0.3 is 0 Å². The van der Waals surface area contributed by atoms with Crippen molar-refractivity contribution < 1.29 is 0 Å². The molecule has 4 nitrogen and oxygen atoms in total. The van der Waals surface area contributed by atoms with Crippen molar-refractivity contribution in [3.8, 4) is 73.0 Å². The van der Waals surface area contributed by atoms with Crippen LogP contribution in [0.25, 0.3) is 127 Å². The van der Waals surface area contributed by atoms with Crippen molar-refractivity contribution in [1.82, 2.24) is 19.5 Å². The molecular formula is C57H34N4. The molecule has 12 aromatic rings. The molecule has 0 unspecified atom stereocenters. The van der Waals surface area contributed by atoms with Gasteiger partial charge in [-0.1, -0.05) is 158 Å². The largest absolute Gasteiger partial charge is 0.292 e. The molecule has 0 radical (unpaired) electrons. The first-order chi connectivity index (χ1) is 30.3. The number of rotatable bonds is 5. The Morgan fingerprint density at radius 1 is 0.311 bits per heavy atom. The molecular weight excluding hydrogens is 741 g/mol. The summed E-state index contributed by atoms with van der Waals surface area (Å²) in [7, 11) is 0. The Balaban J connectivity index is 1.04. The Morgan fingerprint density at radius 3 is 1.51 bits per heavy atom. The first-order valence-electron chi connectivity index (χ1n) is 20.8. The first-order valence-corrected chi connectivity index (χ1v) is 20.8. The predicted molar refractivity (Wildman–Crippen MR) is 253 cm³/mol. The van der Waals surface area contributed by atoms with Crippen molar-refractivity contribution >= 4 is 54.4 Å². The fraction of sp³-hybridized carbons (Fsp3) is 0. The number of fused-ring (bicyclic) bond motifs is 7. The lowest BCUT2D eigenvalue weighted by Crippen LogP contribution is -1.97. The number of nitrogens with zero attached hydrogens (tertiary/aromatic N) is 4. The Labute approximate surface area is 351 Å². The highest BCUT2D eigenvalue weighted by atomic mass is 15.1. The van der Waals surface area contributed by atoms with Gasteiger partial charge < -0.3 is 0 Å². The molecule has 0 N–H and O–H groups in total. The van der Waals surface area contributed by atoms with Crippen molar-refractivity contribution in [3.63, 3.8) is 0 Å². The second-order valence-electron chi connectivity index (χ2n) is 15.9. The van der Waals surface area contributed by atoms with E-state index in [4.69, 9.17) is 15.0 Å². The quantitative estimate of drug-likeness (QED) is 0.175. The van der Waals surface area contributed by atoms with Crippen LogP contribution in [-0.4, -0.2) is 19.5 Å². The summed E-state index contributed by atoms with van der Waals surface area (Å²) >= 11 is 0. The van der Waals surface area contributed by atoms with E-state index in [0.29, 0.717) is 0 Å². The fourth-order valence-electron chi connectivity index (χ4n) is 9.85. The second-order valence-corrected chi connectivity index (χ2v) is 15.9. The summed E-state index contributed by atoms with van der Waals surface area (Å²) in [6, 6.07) is 73.6. The maximum Gasteiger partial charge on any atom is 0.145 e. The van der Waals surface area contributed by atoms with Crippen LogP contribution in [0.15, 0.2) is 206 Å². The van der Waals surface area contributed by atoms with E-state index in [-0.39, 0.29) is 0 Å². The Hall–Kier alpha value is -8.21. The van der Waals surface area contributed by atoms with Gasteiger partial charge in [-0.15, -0.1) is 0 Å². The first kappa shape index (κ1) is 33.7. The Kier molecular flexibility index (Phi) is 7.27. The van der Waals surface area contributed by atoms with Gasteiger partial charge in [-0.25, -0.2) is 15.0 Å². The third kappa shape index (κ3) is 5.09. The van der Waals surface area contributed by atoms with Gasteiger partial charge in [0.1, 0.15) is 5.82 Å². The Morgan fingerprint density at radius 2 is 0.836 bits per heavy atom. The smallest absolute Gasteiger partial charge is 0.145 e. The molecule has 3 heterocycles. The van der Waals surface area contributed by atoms with Crippen LogP contribution in [0, 0.1) is 0 Å². The molecule has 0 atom stereocenters. The average molecular weight is 775 g/mol. The lowest BCUT2D eigenvalue weighted by Gasteiger charge is -2.20. The van der Waals surface area contributed by atoms with Crippen molar-refractivity contribution in [2.75, 3.05) is 0 Å². The minimum atomic E-state index is 0.923. The Bertz CT molecular complexity index is 3620. The molecule has 0 bridgehead atoms. The minimum Gasteiger partial charge on any atom is -0.292 e. The monoisotopic (exact) mass is 774 g/mol. The summed E-state index contributed by atoms with van der Waals surface area (Å²) in [5.74, 6) is 0.923. The summed E-state index contributed by atoms with van der Waals surface area (Å²) in [5.41, 5.74) is 17.6. The van der Waals surface area contributed by atoms with Gasteiger partial charge in [-0.3, -0.25) is 4.57 Å². The number of hydrogen-bond donors (Lipinski definition) is 0. The second kappa shape index (κ2) is 13.2. The van der Waals surface area contributed by atoms with E-state index in [9.17, 15) is 0 Å². The van der Waals surface area contributed by atoms with Crippen LogP contribution in [0.1, 0.15) is 0 Å². The number of benzene rings is 9. The van der Waals surface area contributed by atoms with Crippen LogP contribution in [-0.2, 0) is 0 Å². The normalized spacial score (nSPS) is 11.9.